The SMILES string of the molecule is CCCNc1cc([N+](=O)[O-])cc(SC2CCOCC2)n1. The molecule has 0 radical (unpaired) electrons. The molecule has 1 saturated heterocycles. The number of thioether (sulfide) groups is 1. The first-order valence-corrected chi connectivity index (χ1v) is 7.71. The van der Waals surface area contributed by atoms with E-state index in [4.69, 9.17) is 4.74 Å². The monoisotopic (exact) mass is 297 g/mol. The Kier molecular flexibility index (Phi) is 5.60. The van der Waals surface area contributed by atoms with Crippen LogP contribution in [0.1, 0.15) is 26.2 Å². The molecular formula is C13H19N3O3S. The Morgan fingerprint density at radius 3 is 2.90 bits per heavy atom. The van der Waals surface area contributed by atoms with E-state index in [0.717, 1.165) is 39.0 Å². The summed E-state index contributed by atoms with van der Waals surface area (Å²) in [5.41, 5.74) is 0.0909. The maximum Gasteiger partial charge on any atom is 0.275 e. The Bertz CT molecular complexity index is 464. The lowest BCUT2D eigenvalue weighted by atomic mass is 10.2. The number of nitro groups is 1. The van der Waals surface area contributed by atoms with Gasteiger partial charge < -0.3 is 10.1 Å². The quantitative estimate of drug-likeness (QED) is 0.642. The molecule has 20 heavy (non-hydrogen) atoms. The first kappa shape index (κ1) is 15.1. The lowest BCUT2D eigenvalue weighted by Gasteiger charge is -2.21. The molecule has 0 spiro atoms. The second-order valence-corrected chi connectivity index (χ2v) is 5.98. The Hall–Kier alpha value is -1.34. The number of hydrogen-bond donors (Lipinski definition) is 1. The molecule has 0 saturated carbocycles. The van der Waals surface area contributed by atoms with Gasteiger partial charge in [-0.05, 0) is 19.3 Å². The molecule has 1 aromatic heterocycles. The van der Waals surface area contributed by atoms with Crippen LogP contribution in [0.4, 0.5) is 11.5 Å². The summed E-state index contributed by atoms with van der Waals surface area (Å²) in [7, 11) is 0. The number of rotatable bonds is 6. The van der Waals surface area contributed by atoms with E-state index in [1.165, 1.54) is 6.07 Å². The molecule has 0 atom stereocenters. The summed E-state index contributed by atoms with van der Waals surface area (Å²) in [6.07, 6.45) is 2.88. The third kappa shape index (κ3) is 4.35. The zero-order valence-corrected chi connectivity index (χ0v) is 12.3. The molecule has 0 aromatic carbocycles. The van der Waals surface area contributed by atoms with Crippen LogP contribution in [0, 0.1) is 10.1 Å². The average molecular weight is 297 g/mol. The lowest BCUT2D eigenvalue weighted by molar-refractivity contribution is -0.385. The van der Waals surface area contributed by atoms with Crippen LogP contribution in [-0.2, 0) is 4.74 Å². The van der Waals surface area contributed by atoms with Gasteiger partial charge in [-0.1, -0.05) is 6.92 Å². The van der Waals surface area contributed by atoms with Gasteiger partial charge in [-0.3, -0.25) is 10.1 Å². The summed E-state index contributed by atoms with van der Waals surface area (Å²) in [6, 6.07) is 3.04. The number of ether oxygens (including phenoxy) is 1. The van der Waals surface area contributed by atoms with Crippen molar-refractivity contribution in [1.82, 2.24) is 4.98 Å². The minimum atomic E-state index is -0.368. The Labute approximate surface area is 122 Å². The maximum atomic E-state index is 11.0. The van der Waals surface area contributed by atoms with Gasteiger partial charge in [0.15, 0.2) is 0 Å². The van der Waals surface area contributed by atoms with Gasteiger partial charge in [0, 0.05) is 31.1 Å². The molecule has 0 bridgehead atoms. The molecule has 7 heteroatoms. The zero-order chi connectivity index (χ0) is 14.4. The average Bonchev–Trinajstić information content (AvgIpc) is 2.46. The highest BCUT2D eigenvalue weighted by atomic mass is 32.2. The molecule has 0 amide bonds. The van der Waals surface area contributed by atoms with Crippen LogP contribution in [0.15, 0.2) is 17.2 Å². The topological polar surface area (TPSA) is 77.3 Å². The second-order valence-electron chi connectivity index (χ2n) is 4.66. The van der Waals surface area contributed by atoms with Gasteiger partial charge in [-0.2, -0.15) is 0 Å². The maximum absolute atomic E-state index is 11.0. The molecule has 110 valence electrons. The highest BCUT2D eigenvalue weighted by Crippen LogP contribution is 2.31. The van der Waals surface area contributed by atoms with Crippen molar-refractivity contribution in [3.05, 3.63) is 22.2 Å². The largest absolute Gasteiger partial charge is 0.381 e. The van der Waals surface area contributed by atoms with E-state index < -0.39 is 0 Å². The summed E-state index contributed by atoms with van der Waals surface area (Å²) in [4.78, 5) is 15.1. The molecule has 1 aliphatic heterocycles. The van der Waals surface area contributed by atoms with Crippen molar-refractivity contribution in [3.8, 4) is 0 Å². The summed E-state index contributed by atoms with van der Waals surface area (Å²) >= 11 is 1.61. The normalized spacial score (nSPS) is 16.1. The first-order valence-electron chi connectivity index (χ1n) is 6.84. The Morgan fingerprint density at radius 2 is 2.25 bits per heavy atom. The van der Waals surface area contributed by atoms with E-state index in [9.17, 15) is 10.1 Å². The van der Waals surface area contributed by atoms with Crippen molar-refractivity contribution in [2.24, 2.45) is 0 Å². The third-order valence-electron chi connectivity index (χ3n) is 3.01. The minimum Gasteiger partial charge on any atom is -0.381 e. The molecule has 1 aliphatic rings. The minimum absolute atomic E-state index is 0.0909. The number of hydrogen-bond acceptors (Lipinski definition) is 6. The van der Waals surface area contributed by atoms with Crippen LogP contribution in [0.3, 0.4) is 0 Å². The van der Waals surface area contributed by atoms with E-state index in [1.807, 2.05) is 6.92 Å². The van der Waals surface area contributed by atoms with Crippen LogP contribution < -0.4 is 5.32 Å². The molecule has 1 fully saturated rings. The summed E-state index contributed by atoms with van der Waals surface area (Å²) in [5.74, 6) is 0.579. The molecular weight excluding hydrogens is 278 g/mol. The fourth-order valence-corrected chi connectivity index (χ4v) is 3.08. The van der Waals surface area contributed by atoms with E-state index in [-0.39, 0.29) is 10.6 Å². The van der Waals surface area contributed by atoms with Crippen molar-refractivity contribution in [3.63, 3.8) is 0 Å². The van der Waals surface area contributed by atoms with E-state index in [2.05, 4.69) is 10.3 Å². The van der Waals surface area contributed by atoms with Crippen molar-refractivity contribution in [1.29, 1.82) is 0 Å². The van der Waals surface area contributed by atoms with Gasteiger partial charge in [0.1, 0.15) is 10.8 Å². The van der Waals surface area contributed by atoms with Crippen LogP contribution in [0.25, 0.3) is 0 Å². The van der Waals surface area contributed by atoms with Crippen molar-refractivity contribution in [2.45, 2.75) is 36.5 Å². The molecule has 1 aromatic rings. The van der Waals surface area contributed by atoms with Crippen LogP contribution in [0.5, 0.6) is 0 Å². The lowest BCUT2D eigenvalue weighted by Crippen LogP contribution is -2.17. The highest BCUT2D eigenvalue weighted by Gasteiger charge is 2.18. The number of nitrogens with one attached hydrogen (secondary N) is 1. The van der Waals surface area contributed by atoms with Crippen molar-refractivity contribution in [2.75, 3.05) is 25.1 Å². The van der Waals surface area contributed by atoms with Gasteiger partial charge in [0.25, 0.3) is 5.69 Å². The third-order valence-corrected chi connectivity index (χ3v) is 4.26. The van der Waals surface area contributed by atoms with Crippen LogP contribution in [-0.4, -0.2) is 34.9 Å². The van der Waals surface area contributed by atoms with Crippen molar-refractivity contribution >= 4 is 23.3 Å². The Balaban J connectivity index is 2.12. The molecule has 1 N–H and O–H groups in total. The fourth-order valence-electron chi connectivity index (χ4n) is 1.97. The Morgan fingerprint density at radius 1 is 1.50 bits per heavy atom. The predicted octanol–water partition coefficient (Wildman–Crippen LogP) is 3.08. The standard InChI is InChI=1S/C13H19N3O3S/c1-2-5-14-12-8-10(16(17)18)9-13(15-12)20-11-3-6-19-7-4-11/h8-9,11H,2-7H2,1H3,(H,14,15). The highest BCUT2D eigenvalue weighted by molar-refractivity contribution is 7.99. The number of pyridine rings is 1. The van der Waals surface area contributed by atoms with Gasteiger partial charge in [-0.15, -0.1) is 11.8 Å². The van der Waals surface area contributed by atoms with Gasteiger partial charge in [-0.25, -0.2) is 4.98 Å². The van der Waals surface area contributed by atoms with Crippen LogP contribution in [0.2, 0.25) is 0 Å². The van der Waals surface area contributed by atoms with Gasteiger partial charge >= 0.3 is 0 Å². The van der Waals surface area contributed by atoms with Crippen LogP contribution >= 0.6 is 11.8 Å². The fraction of sp³-hybridized carbons (Fsp3) is 0.615. The van der Waals surface area contributed by atoms with Crippen molar-refractivity contribution < 1.29 is 9.66 Å². The number of nitrogens with zero attached hydrogens (tertiary/aromatic N) is 2. The van der Waals surface area contributed by atoms with E-state index >= 15 is 0 Å². The predicted molar refractivity (Wildman–Crippen MR) is 79.4 cm³/mol. The summed E-state index contributed by atoms with van der Waals surface area (Å²) in [6.45, 7) is 4.32. The molecule has 2 rings (SSSR count). The van der Waals surface area contributed by atoms with E-state index in [1.54, 1.807) is 17.8 Å². The smallest absolute Gasteiger partial charge is 0.275 e. The van der Waals surface area contributed by atoms with E-state index in [0.29, 0.717) is 16.1 Å². The first-order chi connectivity index (χ1) is 9.69. The molecule has 2 heterocycles. The summed E-state index contributed by atoms with van der Waals surface area (Å²) < 4.78 is 5.32. The molecule has 6 nitrogen and oxygen atoms in total. The molecule has 0 unspecified atom stereocenters. The summed E-state index contributed by atoms with van der Waals surface area (Å²) in [5, 5.41) is 15.2. The second kappa shape index (κ2) is 7.44. The van der Waals surface area contributed by atoms with Gasteiger partial charge in [0.05, 0.1) is 11.0 Å². The zero-order valence-electron chi connectivity index (χ0n) is 11.5. The van der Waals surface area contributed by atoms with Gasteiger partial charge in [0.2, 0.25) is 0 Å². The number of anilines is 1. The number of aromatic nitrogens is 1. The molecule has 0 aliphatic carbocycles.